The number of hydrogen-bond donors (Lipinski definition) is 1. The van der Waals surface area contributed by atoms with Crippen LogP contribution in [0.1, 0.15) is 18.4 Å². The van der Waals surface area contributed by atoms with Crippen LogP contribution in [0.3, 0.4) is 0 Å². The first-order chi connectivity index (χ1) is 9.25. The Bertz CT molecular complexity index is 381. The van der Waals surface area contributed by atoms with Crippen LogP contribution >= 0.6 is 0 Å². The summed E-state index contributed by atoms with van der Waals surface area (Å²) in [5.74, 6) is 0.705. The molecule has 5 heteroatoms. The number of para-hydroxylation sites is 1. The van der Waals surface area contributed by atoms with Crippen LogP contribution < -0.4 is 10.1 Å². The lowest BCUT2D eigenvalue weighted by Crippen LogP contribution is -2.32. The van der Waals surface area contributed by atoms with Crippen molar-refractivity contribution < 1.29 is 18.3 Å². The van der Waals surface area contributed by atoms with Crippen LogP contribution in [0.25, 0.3) is 0 Å². The monoisotopic (exact) mass is 271 g/mol. The third kappa shape index (κ3) is 4.76. The summed E-state index contributed by atoms with van der Waals surface area (Å²) in [5.41, 5.74) is 0.659. The van der Waals surface area contributed by atoms with Gasteiger partial charge in [0.05, 0.1) is 13.2 Å². The van der Waals surface area contributed by atoms with Gasteiger partial charge in [-0.15, -0.1) is 0 Å². The van der Waals surface area contributed by atoms with E-state index in [9.17, 15) is 8.78 Å². The van der Waals surface area contributed by atoms with Crippen molar-refractivity contribution in [1.82, 2.24) is 5.32 Å². The van der Waals surface area contributed by atoms with E-state index >= 15 is 0 Å². The molecule has 1 atom stereocenters. The fourth-order valence-electron chi connectivity index (χ4n) is 2.24. The Balaban J connectivity index is 1.81. The number of nitrogens with one attached hydrogen (secondary N) is 1. The van der Waals surface area contributed by atoms with Gasteiger partial charge in [0.1, 0.15) is 5.75 Å². The molecule has 0 amide bonds. The topological polar surface area (TPSA) is 30.5 Å². The van der Waals surface area contributed by atoms with Crippen molar-refractivity contribution in [2.24, 2.45) is 5.92 Å². The van der Waals surface area contributed by atoms with E-state index < -0.39 is 6.61 Å². The minimum atomic E-state index is -2.80. The molecular formula is C14H19F2NO2. The van der Waals surface area contributed by atoms with Crippen molar-refractivity contribution in [3.63, 3.8) is 0 Å². The minimum Gasteiger partial charge on any atom is -0.434 e. The second kappa shape index (κ2) is 7.40. The molecule has 1 aromatic carbocycles. The van der Waals surface area contributed by atoms with Crippen LogP contribution in [-0.2, 0) is 11.3 Å². The fourth-order valence-corrected chi connectivity index (χ4v) is 2.24. The molecule has 1 fully saturated rings. The van der Waals surface area contributed by atoms with E-state index in [1.807, 2.05) is 0 Å². The number of benzene rings is 1. The van der Waals surface area contributed by atoms with Gasteiger partial charge in [-0.05, 0) is 31.4 Å². The van der Waals surface area contributed by atoms with Crippen molar-refractivity contribution in [3.8, 4) is 5.75 Å². The second-order valence-electron chi connectivity index (χ2n) is 4.71. The number of alkyl halides is 2. The number of hydrogen-bond acceptors (Lipinski definition) is 3. The smallest absolute Gasteiger partial charge is 0.387 e. The molecule has 19 heavy (non-hydrogen) atoms. The maximum atomic E-state index is 12.2. The van der Waals surface area contributed by atoms with Gasteiger partial charge in [0.25, 0.3) is 0 Å². The molecule has 0 saturated carbocycles. The average Bonchev–Trinajstić information content (AvgIpc) is 2.41. The predicted molar refractivity (Wildman–Crippen MR) is 68.3 cm³/mol. The van der Waals surface area contributed by atoms with Crippen LogP contribution in [-0.4, -0.2) is 26.3 Å². The van der Waals surface area contributed by atoms with E-state index in [0.717, 1.165) is 19.5 Å². The molecule has 0 bridgehead atoms. The van der Waals surface area contributed by atoms with Crippen LogP contribution in [0.2, 0.25) is 0 Å². The normalized spacial score (nSPS) is 19.6. The van der Waals surface area contributed by atoms with Gasteiger partial charge in [0.2, 0.25) is 0 Å². The molecule has 0 radical (unpaired) electrons. The summed E-state index contributed by atoms with van der Waals surface area (Å²) in [6.45, 7) is 0.190. The van der Waals surface area contributed by atoms with Gasteiger partial charge < -0.3 is 14.8 Å². The largest absolute Gasteiger partial charge is 0.434 e. The molecule has 1 unspecified atom stereocenters. The lowest BCUT2D eigenvalue weighted by Gasteiger charge is -2.22. The molecule has 1 aromatic rings. The highest BCUT2D eigenvalue weighted by Gasteiger charge is 2.14. The Morgan fingerprint density at radius 2 is 2.16 bits per heavy atom. The maximum Gasteiger partial charge on any atom is 0.387 e. The number of halogens is 2. The standard InChI is InChI=1S/C14H19F2NO2/c15-14(16)19-13-6-2-1-5-12(13)10-18-9-11-4-3-7-17-8-11/h1-2,5-6,11,14,17H,3-4,7-10H2. The summed E-state index contributed by atoms with van der Waals surface area (Å²) in [6.07, 6.45) is 2.32. The second-order valence-corrected chi connectivity index (χ2v) is 4.71. The van der Waals surface area contributed by atoms with Gasteiger partial charge in [-0.1, -0.05) is 18.2 Å². The zero-order valence-corrected chi connectivity index (χ0v) is 10.8. The first-order valence-electron chi connectivity index (χ1n) is 6.57. The Kier molecular flexibility index (Phi) is 5.54. The molecule has 2 rings (SSSR count). The molecular weight excluding hydrogens is 252 g/mol. The van der Waals surface area contributed by atoms with E-state index in [2.05, 4.69) is 10.1 Å². The van der Waals surface area contributed by atoms with Crippen LogP contribution in [0.15, 0.2) is 24.3 Å². The molecule has 1 aliphatic rings. The Labute approximate surface area is 111 Å². The molecule has 1 aliphatic heterocycles. The first kappa shape index (κ1) is 14.2. The quantitative estimate of drug-likeness (QED) is 0.863. The number of ether oxygens (including phenoxy) is 2. The van der Waals surface area contributed by atoms with Crippen molar-refractivity contribution >= 4 is 0 Å². The van der Waals surface area contributed by atoms with Crippen molar-refractivity contribution in [2.75, 3.05) is 19.7 Å². The Morgan fingerprint density at radius 1 is 1.32 bits per heavy atom. The molecule has 0 spiro atoms. The van der Waals surface area contributed by atoms with Gasteiger partial charge in [0.15, 0.2) is 0 Å². The van der Waals surface area contributed by atoms with Gasteiger partial charge in [-0.3, -0.25) is 0 Å². The third-order valence-corrected chi connectivity index (χ3v) is 3.20. The van der Waals surface area contributed by atoms with E-state index in [1.165, 1.54) is 12.5 Å². The minimum absolute atomic E-state index is 0.194. The SMILES string of the molecule is FC(F)Oc1ccccc1COCC1CCCNC1. The van der Waals surface area contributed by atoms with E-state index in [1.54, 1.807) is 18.2 Å². The summed E-state index contributed by atoms with van der Waals surface area (Å²) in [4.78, 5) is 0. The fraction of sp³-hybridized carbons (Fsp3) is 0.571. The van der Waals surface area contributed by atoms with Crippen LogP contribution in [0.4, 0.5) is 8.78 Å². The summed E-state index contributed by atoms with van der Waals surface area (Å²) in [5, 5.41) is 3.32. The van der Waals surface area contributed by atoms with Gasteiger partial charge in [-0.25, -0.2) is 0 Å². The summed E-state index contributed by atoms with van der Waals surface area (Å²) in [6, 6.07) is 6.75. The molecule has 0 aromatic heterocycles. The lowest BCUT2D eigenvalue weighted by atomic mass is 10.0. The molecule has 0 aliphatic carbocycles. The summed E-state index contributed by atoms with van der Waals surface area (Å²) < 4.78 is 34.6. The lowest BCUT2D eigenvalue weighted by molar-refractivity contribution is -0.0515. The first-order valence-corrected chi connectivity index (χ1v) is 6.57. The van der Waals surface area contributed by atoms with Crippen molar-refractivity contribution in [3.05, 3.63) is 29.8 Å². The molecule has 106 valence electrons. The zero-order valence-electron chi connectivity index (χ0n) is 10.8. The predicted octanol–water partition coefficient (Wildman–Crippen LogP) is 2.80. The van der Waals surface area contributed by atoms with E-state index in [4.69, 9.17) is 4.74 Å². The molecule has 1 heterocycles. The van der Waals surface area contributed by atoms with Gasteiger partial charge >= 0.3 is 6.61 Å². The van der Waals surface area contributed by atoms with E-state index in [0.29, 0.717) is 24.7 Å². The Hall–Kier alpha value is -1.20. The van der Waals surface area contributed by atoms with Crippen molar-refractivity contribution in [1.29, 1.82) is 0 Å². The number of piperidine rings is 1. The highest BCUT2D eigenvalue weighted by molar-refractivity contribution is 5.32. The average molecular weight is 271 g/mol. The van der Waals surface area contributed by atoms with Crippen LogP contribution in [0.5, 0.6) is 5.75 Å². The zero-order chi connectivity index (χ0) is 13.5. The Morgan fingerprint density at radius 3 is 2.89 bits per heavy atom. The summed E-state index contributed by atoms with van der Waals surface area (Å²) in [7, 11) is 0. The van der Waals surface area contributed by atoms with E-state index in [-0.39, 0.29) is 5.75 Å². The maximum absolute atomic E-state index is 12.2. The highest BCUT2D eigenvalue weighted by Crippen LogP contribution is 2.21. The van der Waals surface area contributed by atoms with Crippen molar-refractivity contribution in [2.45, 2.75) is 26.1 Å². The molecule has 3 nitrogen and oxygen atoms in total. The van der Waals surface area contributed by atoms with Crippen LogP contribution in [0, 0.1) is 5.92 Å². The number of rotatable bonds is 6. The van der Waals surface area contributed by atoms with Gasteiger partial charge in [-0.2, -0.15) is 8.78 Å². The molecule has 1 saturated heterocycles. The highest BCUT2D eigenvalue weighted by atomic mass is 19.3. The van der Waals surface area contributed by atoms with Gasteiger partial charge in [0, 0.05) is 12.1 Å². The molecule has 1 N–H and O–H groups in total. The third-order valence-electron chi connectivity index (χ3n) is 3.20. The summed E-state index contributed by atoms with van der Waals surface area (Å²) >= 11 is 0.